The fourth-order valence-corrected chi connectivity index (χ4v) is 9.56. The van der Waals surface area contributed by atoms with Gasteiger partial charge in [-0.2, -0.15) is 0 Å². The Kier molecular flexibility index (Phi) is 16.4. The van der Waals surface area contributed by atoms with Gasteiger partial charge in [-0.25, -0.2) is 0 Å². The van der Waals surface area contributed by atoms with Gasteiger partial charge >= 0.3 is 0 Å². The second kappa shape index (κ2) is 21.9. The van der Waals surface area contributed by atoms with E-state index in [1.807, 2.05) is 0 Å². The van der Waals surface area contributed by atoms with E-state index >= 15 is 0 Å². The van der Waals surface area contributed by atoms with E-state index in [1.54, 1.807) is 0 Å². The predicted molar refractivity (Wildman–Crippen MR) is 233 cm³/mol. The lowest BCUT2D eigenvalue weighted by Crippen LogP contribution is -2.28. The highest BCUT2D eigenvalue weighted by molar-refractivity contribution is 5.60. The number of nitrogens with zero attached hydrogens (tertiary/aromatic N) is 2. The van der Waals surface area contributed by atoms with Crippen LogP contribution in [0, 0.1) is 23.7 Å². The van der Waals surface area contributed by atoms with Crippen LogP contribution in [0.3, 0.4) is 0 Å². The zero-order valence-corrected chi connectivity index (χ0v) is 35.0. The Morgan fingerprint density at radius 1 is 0.473 bits per heavy atom. The summed E-state index contributed by atoms with van der Waals surface area (Å²) in [6.07, 6.45) is 29.9. The van der Waals surface area contributed by atoms with Crippen molar-refractivity contribution in [3.05, 3.63) is 107 Å². The van der Waals surface area contributed by atoms with Crippen molar-refractivity contribution in [3.63, 3.8) is 0 Å². The Hall–Kier alpha value is -3.30. The lowest BCUT2D eigenvalue weighted by atomic mass is 9.74. The van der Waals surface area contributed by atoms with E-state index in [0.717, 1.165) is 36.1 Å². The average molecular weight is 741 g/mol. The van der Waals surface area contributed by atoms with Crippen molar-refractivity contribution >= 4 is 0 Å². The molecule has 2 heterocycles. The standard InChI is InChI=1S/C52H72N2O/c1-5-9-13-39-17-23-45(24-18-39)51(47-31-27-43(28-32-47)49-35-21-41(37-53-49)15-11-7-3)55-52(46-25-19-40(20-26-46)14-10-6-2)48-33-29-44(30-34-48)50-36-22-42(38-54-50)16-12-8-4/h21-22,27-40,45-46,51-52H,5-20,23-26H2,1-4H3. The van der Waals surface area contributed by atoms with E-state index in [4.69, 9.17) is 14.7 Å². The van der Waals surface area contributed by atoms with Gasteiger partial charge in [-0.1, -0.05) is 165 Å². The van der Waals surface area contributed by atoms with Gasteiger partial charge < -0.3 is 4.74 Å². The van der Waals surface area contributed by atoms with Crippen LogP contribution in [-0.2, 0) is 17.6 Å². The number of benzene rings is 2. The minimum Gasteiger partial charge on any atom is -0.365 e. The van der Waals surface area contributed by atoms with Crippen molar-refractivity contribution < 1.29 is 4.74 Å². The molecule has 3 heteroatoms. The molecule has 0 radical (unpaired) electrons. The van der Waals surface area contributed by atoms with Crippen LogP contribution in [0.2, 0.25) is 0 Å². The normalized spacial score (nSPS) is 21.3. The largest absolute Gasteiger partial charge is 0.365 e. The lowest BCUT2D eigenvalue weighted by Gasteiger charge is -2.40. The highest BCUT2D eigenvalue weighted by atomic mass is 16.5. The van der Waals surface area contributed by atoms with Crippen molar-refractivity contribution in [3.8, 4) is 22.5 Å². The molecule has 2 aliphatic carbocycles. The van der Waals surface area contributed by atoms with Crippen LogP contribution in [0.15, 0.2) is 85.2 Å². The summed E-state index contributed by atoms with van der Waals surface area (Å²) in [4.78, 5) is 9.76. The molecule has 2 fully saturated rings. The molecule has 0 saturated heterocycles. The van der Waals surface area contributed by atoms with E-state index < -0.39 is 0 Å². The van der Waals surface area contributed by atoms with Gasteiger partial charge in [0.1, 0.15) is 0 Å². The topological polar surface area (TPSA) is 35.0 Å². The van der Waals surface area contributed by atoms with Gasteiger partial charge in [-0.05, 0) is 109 Å². The first-order valence-electron chi connectivity index (χ1n) is 22.8. The number of pyridine rings is 2. The van der Waals surface area contributed by atoms with Gasteiger partial charge in [-0.3, -0.25) is 9.97 Å². The molecule has 2 aliphatic rings. The van der Waals surface area contributed by atoms with E-state index in [2.05, 4.69) is 113 Å². The number of hydrogen-bond donors (Lipinski definition) is 0. The van der Waals surface area contributed by atoms with E-state index in [-0.39, 0.29) is 12.2 Å². The number of rotatable bonds is 20. The summed E-state index contributed by atoms with van der Waals surface area (Å²) < 4.78 is 7.70. The second-order valence-electron chi connectivity index (χ2n) is 17.4. The predicted octanol–water partition coefficient (Wildman–Crippen LogP) is 15.3. The lowest BCUT2D eigenvalue weighted by molar-refractivity contribution is -0.0907. The van der Waals surface area contributed by atoms with Crippen LogP contribution >= 0.6 is 0 Å². The third kappa shape index (κ3) is 11.9. The molecule has 0 spiro atoms. The van der Waals surface area contributed by atoms with E-state index in [9.17, 15) is 0 Å². The molecule has 0 bridgehead atoms. The van der Waals surface area contributed by atoms with Crippen LogP contribution in [0.5, 0.6) is 0 Å². The summed E-state index contributed by atoms with van der Waals surface area (Å²) in [5, 5.41) is 0. The average Bonchev–Trinajstić information content (AvgIpc) is 3.25. The first-order chi connectivity index (χ1) is 27.1. The summed E-state index contributed by atoms with van der Waals surface area (Å²) >= 11 is 0. The fourth-order valence-electron chi connectivity index (χ4n) is 9.56. The van der Waals surface area contributed by atoms with Crippen LogP contribution in [-0.4, -0.2) is 9.97 Å². The van der Waals surface area contributed by atoms with Gasteiger partial charge in [0, 0.05) is 23.5 Å². The second-order valence-corrected chi connectivity index (χ2v) is 17.4. The van der Waals surface area contributed by atoms with Crippen molar-refractivity contribution in [2.75, 3.05) is 0 Å². The third-order valence-corrected chi connectivity index (χ3v) is 13.2. The molecule has 6 rings (SSSR count). The summed E-state index contributed by atoms with van der Waals surface area (Å²) in [7, 11) is 0. The van der Waals surface area contributed by atoms with Crippen molar-refractivity contribution in [1.82, 2.24) is 9.97 Å². The summed E-state index contributed by atoms with van der Waals surface area (Å²) in [5.41, 5.74) is 9.85. The van der Waals surface area contributed by atoms with Crippen LogP contribution in [0.1, 0.15) is 178 Å². The molecule has 2 aromatic heterocycles. The van der Waals surface area contributed by atoms with Crippen molar-refractivity contribution in [2.45, 2.75) is 168 Å². The Bertz CT molecular complexity index is 1500. The molecule has 2 atom stereocenters. The summed E-state index contributed by atoms with van der Waals surface area (Å²) in [5.74, 6) is 2.83. The molecule has 2 unspecified atom stereocenters. The summed E-state index contributed by atoms with van der Waals surface area (Å²) in [6, 6.07) is 27.6. The fraction of sp³-hybridized carbons (Fsp3) is 0.577. The zero-order valence-electron chi connectivity index (χ0n) is 35.0. The Morgan fingerprint density at radius 3 is 1.18 bits per heavy atom. The maximum absolute atomic E-state index is 7.70. The van der Waals surface area contributed by atoms with Gasteiger partial charge in [-0.15, -0.1) is 0 Å². The quantitative estimate of drug-likeness (QED) is 0.0905. The number of unbranched alkanes of at least 4 members (excludes halogenated alkanes) is 4. The van der Waals surface area contributed by atoms with Gasteiger partial charge in [0.25, 0.3) is 0 Å². The Labute approximate surface area is 335 Å². The molecular weight excluding hydrogens is 669 g/mol. The molecule has 3 nitrogen and oxygen atoms in total. The van der Waals surface area contributed by atoms with Gasteiger partial charge in [0.2, 0.25) is 0 Å². The maximum atomic E-state index is 7.70. The molecule has 2 aromatic carbocycles. The monoisotopic (exact) mass is 741 g/mol. The molecular formula is C52H72N2O. The van der Waals surface area contributed by atoms with Gasteiger partial charge in [0.15, 0.2) is 0 Å². The highest BCUT2D eigenvalue weighted by Gasteiger charge is 2.36. The Morgan fingerprint density at radius 2 is 0.855 bits per heavy atom. The minimum absolute atomic E-state index is 0.0883. The zero-order chi connectivity index (χ0) is 38.2. The van der Waals surface area contributed by atoms with Gasteiger partial charge in [0.05, 0.1) is 23.6 Å². The van der Waals surface area contributed by atoms with E-state index in [0.29, 0.717) is 11.8 Å². The molecule has 0 aliphatic heterocycles. The Balaban J connectivity index is 1.27. The number of hydrogen-bond acceptors (Lipinski definition) is 3. The van der Waals surface area contributed by atoms with Crippen LogP contribution in [0.25, 0.3) is 22.5 Å². The highest BCUT2D eigenvalue weighted by Crippen LogP contribution is 2.47. The molecule has 296 valence electrons. The third-order valence-electron chi connectivity index (χ3n) is 13.2. The van der Waals surface area contributed by atoms with Crippen LogP contribution in [0.4, 0.5) is 0 Å². The molecule has 0 amide bonds. The molecule has 55 heavy (non-hydrogen) atoms. The number of aryl methyl sites for hydroxylation is 2. The molecule has 4 aromatic rings. The van der Waals surface area contributed by atoms with Crippen molar-refractivity contribution in [2.24, 2.45) is 23.7 Å². The number of ether oxygens (including phenoxy) is 1. The first kappa shape index (κ1) is 41.3. The minimum atomic E-state index is 0.0883. The molecule has 2 saturated carbocycles. The van der Waals surface area contributed by atoms with Crippen molar-refractivity contribution in [1.29, 1.82) is 0 Å². The van der Waals surface area contributed by atoms with E-state index in [1.165, 1.54) is 149 Å². The SMILES string of the molecule is CCCCc1ccc(-c2ccc(C(OC(c3ccc(-c4ccc(CCCC)cn4)cc3)C3CCC(CCCC)CC3)C3CCC(CCCC)CC3)cc2)nc1. The first-order valence-corrected chi connectivity index (χ1v) is 22.8. The summed E-state index contributed by atoms with van der Waals surface area (Å²) in [6.45, 7) is 9.17. The molecule has 0 N–H and O–H groups in total. The number of aromatic nitrogens is 2. The van der Waals surface area contributed by atoms with Crippen LogP contribution < -0.4 is 0 Å². The maximum Gasteiger partial charge on any atom is 0.0861 e. The smallest absolute Gasteiger partial charge is 0.0861 e.